The van der Waals surface area contributed by atoms with E-state index in [1.54, 1.807) is 40.5 Å². The van der Waals surface area contributed by atoms with Crippen molar-refractivity contribution in [1.82, 2.24) is 25.1 Å². The van der Waals surface area contributed by atoms with E-state index in [2.05, 4.69) is 20.4 Å². The fraction of sp³-hybridized carbons (Fsp3) is 0.429. The molecule has 0 atom stereocenters. The number of nitrogens with one attached hydrogen (secondary N) is 1. The van der Waals surface area contributed by atoms with Gasteiger partial charge in [0, 0.05) is 61.8 Å². The SMILES string of the molecule is CN(C)c1ncc(CNC2CCC(n3nc(-c4ccncc4)ccc3=O)CC2)s1. The predicted molar refractivity (Wildman–Crippen MR) is 116 cm³/mol. The van der Waals surface area contributed by atoms with E-state index in [-0.39, 0.29) is 11.6 Å². The van der Waals surface area contributed by atoms with Crippen LogP contribution in [0, 0.1) is 0 Å². The van der Waals surface area contributed by atoms with Crippen LogP contribution in [0.1, 0.15) is 36.6 Å². The molecule has 7 nitrogen and oxygen atoms in total. The normalized spacial score (nSPS) is 19.2. The summed E-state index contributed by atoms with van der Waals surface area (Å²) in [6.45, 7) is 0.844. The van der Waals surface area contributed by atoms with E-state index < -0.39 is 0 Å². The van der Waals surface area contributed by atoms with Crippen molar-refractivity contribution in [3.05, 3.63) is 58.1 Å². The summed E-state index contributed by atoms with van der Waals surface area (Å²) < 4.78 is 1.68. The second-order valence-electron chi connectivity index (χ2n) is 7.63. The molecular formula is C21H26N6OS. The summed E-state index contributed by atoms with van der Waals surface area (Å²) >= 11 is 1.72. The van der Waals surface area contributed by atoms with Gasteiger partial charge in [-0.1, -0.05) is 0 Å². The van der Waals surface area contributed by atoms with Crippen LogP contribution >= 0.6 is 11.3 Å². The minimum atomic E-state index is -0.0277. The number of anilines is 1. The minimum Gasteiger partial charge on any atom is -0.354 e. The molecule has 1 fully saturated rings. The molecule has 0 aromatic carbocycles. The monoisotopic (exact) mass is 410 g/mol. The minimum absolute atomic E-state index is 0.0277. The van der Waals surface area contributed by atoms with Crippen molar-refractivity contribution in [2.75, 3.05) is 19.0 Å². The number of pyridine rings is 1. The summed E-state index contributed by atoms with van der Waals surface area (Å²) in [5.41, 5.74) is 1.76. The van der Waals surface area contributed by atoms with E-state index in [1.165, 1.54) is 4.88 Å². The summed E-state index contributed by atoms with van der Waals surface area (Å²) in [5, 5.41) is 9.33. The van der Waals surface area contributed by atoms with Crippen molar-refractivity contribution in [3.63, 3.8) is 0 Å². The molecule has 3 aromatic rings. The first-order valence-electron chi connectivity index (χ1n) is 9.96. The highest BCUT2D eigenvalue weighted by molar-refractivity contribution is 7.15. The van der Waals surface area contributed by atoms with E-state index in [0.717, 1.165) is 48.6 Å². The molecule has 3 aromatic heterocycles. The van der Waals surface area contributed by atoms with Gasteiger partial charge in [-0.3, -0.25) is 9.78 Å². The van der Waals surface area contributed by atoms with Crippen molar-refractivity contribution < 1.29 is 0 Å². The fourth-order valence-corrected chi connectivity index (χ4v) is 4.50. The molecule has 1 saturated carbocycles. The van der Waals surface area contributed by atoms with E-state index >= 15 is 0 Å². The van der Waals surface area contributed by atoms with Crippen LogP contribution in [0.2, 0.25) is 0 Å². The van der Waals surface area contributed by atoms with Gasteiger partial charge >= 0.3 is 0 Å². The Kier molecular flexibility index (Phi) is 6.01. The first-order valence-corrected chi connectivity index (χ1v) is 10.8. The number of hydrogen-bond acceptors (Lipinski definition) is 7. The van der Waals surface area contributed by atoms with Crippen LogP contribution < -0.4 is 15.8 Å². The van der Waals surface area contributed by atoms with Gasteiger partial charge in [0.05, 0.1) is 11.7 Å². The van der Waals surface area contributed by atoms with Gasteiger partial charge in [-0.15, -0.1) is 11.3 Å². The Morgan fingerprint density at radius 1 is 1.14 bits per heavy atom. The number of rotatable bonds is 6. The van der Waals surface area contributed by atoms with Gasteiger partial charge in [0.2, 0.25) is 0 Å². The predicted octanol–water partition coefficient (Wildman–Crippen LogP) is 3.10. The summed E-state index contributed by atoms with van der Waals surface area (Å²) in [5.74, 6) is 0. The standard InChI is InChI=1S/C21H26N6OS/c1-26(2)21-24-14-18(29-21)13-23-16-3-5-17(6-4-16)27-20(28)8-7-19(25-27)15-9-11-22-12-10-15/h7-12,14,16-17,23H,3-6,13H2,1-2H3. The lowest BCUT2D eigenvalue weighted by Gasteiger charge is -2.29. The molecule has 8 heteroatoms. The number of nitrogens with zero attached hydrogens (tertiary/aromatic N) is 5. The lowest BCUT2D eigenvalue weighted by Crippen LogP contribution is -2.36. The van der Waals surface area contributed by atoms with Gasteiger partial charge in [-0.25, -0.2) is 9.67 Å². The Bertz CT molecular complexity index is 992. The summed E-state index contributed by atoms with van der Waals surface area (Å²) in [4.78, 5) is 24.2. The smallest absolute Gasteiger partial charge is 0.267 e. The third kappa shape index (κ3) is 4.71. The summed E-state index contributed by atoms with van der Waals surface area (Å²) in [6.07, 6.45) is 9.43. The van der Waals surface area contributed by atoms with Crippen LogP contribution in [-0.4, -0.2) is 39.9 Å². The van der Waals surface area contributed by atoms with Gasteiger partial charge in [0.25, 0.3) is 5.56 Å². The van der Waals surface area contributed by atoms with Crippen LogP contribution in [0.3, 0.4) is 0 Å². The molecule has 0 unspecified atom stereocenters. The lowest BCUT2D eigenvalue weighted by atomic mass is 9.91. The second-order valence-corrected chi connectivity index (χ2v) is 8.72. The Morgan fingerprint density at radius 2 is 1.90 bits per heavy atom. The topological polar surface area (TPSA) is 75.9 Å². The Labute approximate surface area is 174 Å². The van der Waals surface area contributed by atoms with Crippen LogP contribution in [0.15, 0.2) is 47.7 Å². The van der Waals surface area contributed by atoms with Crippen LogP contribution in [0.5, 0.6) is 0 Å². The number of aromatic nitrogens is 4. The van der Waals surface area contributed by atoms with Crippen molar-refractivity contribution in [2.24, 2.45) is 0 Å². The average molecular weight is 411 g/mol. The van der Waals surface area contributed by atoms with E-state index in [9.17, 15) is 4.79 Å². The first-order chi connectivity index (χ1) is 14.1. The van der Waals surface area contributed by atoms with Gasteiger partial charge in [-0.2, -0.15) is 5.10 Å². The van der Waals surface area contributed by atoms with Crippen molar-refractivity contribution >= 4 is 16.5 Å². The molecule has 152 valence electrons. The fourth-order valence-electron chi connectivity index (χ4n) is 3.72. The summed E-state index contributed by atoms with van der Waals surface area (Å²) in [6, 6.07) is 7.87. The first kappa shape index (κ1) is 19.7. The molecular weight excluding hydrogens is 384 g/mol. The molecule has 0 radical (unpaired) electrons. The number of hydrogen-bond donors (Lipinski definition) is 1. The number of thiazole rings is 1. The molecule has 1 aliphatic rings. The maximum atomic E-state index is 12.4. The highest BCUT2D eigenvalue weighted by Gasteiger charge is 2.24. The zero-order valence-electron chi connectivity index (χ0n) is 16.8. The van der Waals surface area contributed by atoms with Crippen molar-refractivity contribution in [3.8, 4) is 11.3 Å². The maximum Gasteiger partial charge on any atom is 0.267 e. The average Bonchev–Trinajstić information content (AvgIpc) is 3.23. The zero-order valence-corrected chi connectivity index (χ0v) is 17.6. The molecule has 4 rings (SSSR count). The maximum absolute atomic E-state index is 12.4. The molecule has 0 amide bonds. The van der Waals surface area contributed by atoms with Crippen LogP contribution in [0.25, 0.3) is 11.3 Å². The molecule has 29 heavy (non-hydrogen) atoms. The van der Waals surface area contributed by atoms with E-state index in [4.69, 9.17) is 0 Å². The molecule has 0 aliphatic heterocycles. The van der Waals surface area contributed by atoms with E-state index in [1.807, 2.05) is 37.3 Å². The summed E-state index contributed by atoms with van der Waals surface area (Å²) in [7, 11) is 4.02. The molecule has 0 bridgehead atoms. The third-order valence-electron chi connectivity index (χ3n) is 5.33. The molecule has 3 heterocycles. The van der Waals surface area contributed by atoms with Crippen molar-refractivity contribution in [2.45, 2.75) is 44.3 Å². The molecule has 1 aliphatic carbocycles. The van der Waals surface area contributed by atoms with Crippen LogP contribution in [0.4, 0.5) is 5.13 Å². The quantitative estimate of drug-likeness (QED) is 0.673. The lowest BCUT2D eigenvalue weighted by molar-refractivity contribution is 0.269. The van der Waals surface area contributed by atoms with Crippen molar-refractivity contribution in [1.29, 1.82) is 0 Å². The second kappa shape index (κ2) is 8.84. The molecule has 0 spiro atoms. The molecule has 1 N–H and O–H groups in total. The zero-order chi connectivity index (χ0) is 20.2. The Morgan fingerprint density at radius 3 is 2.59 bits per heavy atom. The highest BCUT2D eigenvalue weighted by atomic mass is 32.1. The Balaban J connectivity index is 1.36. The third-order valence-corrected chi connectivity index (χ3v) is 6.50. The van der Waals surface area contributed by atoms with Gasteiger partial charge in [0.15, 0.2) is 5.13 Å². The van der Waals surface area contributed by atoms with Gasteiger partial charge in [0.1, 0.15) is 0 Å². The van der Waals surface area contributed by atoms with Gasteiger partial charge < -0.3 is 10.2 Å². The Hall–Kier alpha value is -2.58. The van der Waals surface area contributed by atoms with Gasteiger partial charge in [-0.05, 0) is 43.9 Å². The van der Waals surface area contributed by atoms with E-state index in [0.29, 0.717) is 6.04 Å². The largest absolute Gasteiger partial charge is 0.354 e. The molecule has 0 saturated heterocycles. The van der Waals surface area contributed by atoms with Crippen LogP contribution in [-0.2, 0) is 6.54 Å². The highest BCUT2D eigenvalue weighted by Crippen LogP contribution is 2.28.